The number of nitrogens with one attached hydrogen (secondary N) is 1. The Morgan fingerprint density at radius 3 is 2.75 bits per heavy atom. The lowest BCUT2D eigenvalue weighted by molar-refractivity contribution is -0.138. The first kappa shape index (κ1) is 16.5. The topological polar surface area (TPSA) is 102 Å². The second-order valence-corrected chi connectivity index (χ2v) is 5.14. The molecule has 1 rings (SSSR count). The van der Waals surface area contributed by atoms with E-state index in [9.17, 15) is 14.7 Å². The van der Waals surface area contributed by atoms with Crippen LogP contribution >= 0.6 is 15.9 Å². The van der Waals surface area contributed by atoms with Gasteiger partial charge in [-0.05, 0) is 31.0 Å². The average Bonchev–Trinajstić information content (AvgIpc) is 2.39. The van der Waals surface area contributed by atoms with Crippen LogP contribution in [0.3, 0.4) is 0 Å². The number of rotatable bonds is 8. The Kier molecular flexibility index (Phi) is 6.47. The number of anilines is 1. The van der Waals surface area contributed by atoms with E-state index >= 15 is 0 Å². The standard InChI is InChI=1S/C13H17BrN2O4/c1-20-6-2-3-11(13(18)19)16-10-5-4-8(14)7-9(10)12(15)17/h4-5,7,11,16H,2-3,6H2,1H3,(H2,15,17)(H,18,19). The van der Waals surface area contributed by atoms with Gasteiger partial charge in [-0.2, -0.15) is 0 Å². The quantitative estimate of drug-likeness (QED) is 0.624. The van der Waals surface area contributed by atoms with Gasteiger partial charge in [0.25, 0.3) is 5.91 Å². The molecule has 0 aromatic heterocycles. The molecular weight excluding hydrogens is 328 g/mol. The Morgan fingerprint density at radius 2 is 2.20 bits per heavy atom. The van der Waals surface area contributed by atoms with Crippen molar-refractivity contribution in [1.82, 2.24) is 0 Å². The molecule has 110 valence electrons. The molecule has 6 nitrogen and oxygen atoms in total. The largest absolute Gasteiger partial charge is 0.480 e. The molecule has 1 aromatic rings. The van der Waals surface area contributed by atoms with Gasteiger partial charge in [-0.15, -0.1) is 0 Å². The van der Waals surface area contributed by atoms with Crippen molar-refractivity contribution in [3.8, 4) is 0 Å². The van der Waals surface area contributed by atoms with Crippen molar-refractivity contribution < 1.29 is 19.4 Å². The number of ether oxygens (including phenoxy) is 1. The zero-order valence-electron chi connectivity index (χ0n) is 11.1. The Morgan fingerprint density at radius 1 is 1.50 bits per heavy atom. The summed E-state index contributed by atoms with van der Waals surface area (Å²) in [5, 5.41) is 12.0. The first-order valence-electron chi connectivity index (χ1n) is 6.03. The van der Waals surface area contributed by atoms with Crippen LogP contribution < -0.4 is 11.1 Å². The summed E-state index contributed by atoms with van der Waals surface area (Å²) in [7, 11) is 1.56. The monoisotopic (exact) mass is 344 g/mol. The summed E-state index contributed by atoms with van der Waals surface area (Å²) in [5.41, 5.74) is 5.95. The third kappa shape index (κ3) is 4.82. The third-order valence-electron chi connectivity index (χ3n) is 2.72. The van der Waals surface area contributed by atoms with Gasteiger partial charge >= 0.3 is 5.97 Å². The maximum atomic E-state index is 11.4. The Labute approximate surface area is 125 Å². The molecule has 0 aliphatic heterocycles. The molecular formula is C13H17BrN2O4. The predicted molar refractivity (Wildman–Crippen MR) is 78.8 cm³/mol. The second kappa shape index (κ2) is 7.86. The number of amides is 1. The van der Waals surface area contributed by atoms with Crippen molar-refractivity contribution in [2.24, 2.45) is 5.73 Å². The van der Waals surface area contributed by atoms with Gasteiger partial charge in [-0.1, -0.05) is 15.9 Å². The fourth-order valence-corrected chi connectivity index (χ4v) is 2.08. The number of aliphatic carboxylic acids is 1. The number of benzene rings is 1. The van der Waals surface area contributed by atoms with Crippen LogP contribution in [0, 0.1) is 0 Å². The highest BCUT2D eigenvalue weighted by Gasteiger charge is 2.19. The second-order valence-electron chi connectivity index (χ2n) is 4.22. The number of carbonyl (C=O) groups excluding carboxylic acids is 1. The van der Waals surface area contributed by atoms with Crippen LogP contribution in [0.4, 0.5) is 5.69 Å². The molecule has 1 amide bonds. The highest BCUT2D eigenvalue weighted by molar-refractivity contribution is 9.10. The third-order valence-corrected chi connectivity index (χ3v) is 3.21. The van der Waals surface area contributed by atoms with Gasteiger partial charge < -0.3 is 20.9 Å². The van der Waals surface area contributed by atoms with E-state index in [1.807, 2.05) is 0 Å². The smallest absolute Gasteiger partial charge is 0.326 e. The van der Waals surface area contributed by atoms with E-state index in [4.69, 9.17) is 10.5 Å². The van der Waals surface area contributed by atoms with Crippen molar-refractivity contribution >= 4 is 33.5 Å². The normalized spacial score (nSPS) is 11.9. The van der Waals surface area contributed by atoms with Crippen LogP contribution in [-0.2, 0) is 9.53 Å². The molecule has 0 fully saturated rings. The number of carbonyl (C=O) groups is 2. The molecule has 0 saturated carbocycles. The number of methoxy groups -OCH3 is 1. The molecule has 1 unspecified atom stereocenters. The average molecular weight is 345 g/mol. The van der Waals surface area contributed by atoms with E-state index in [1.165, 1.54) is 0 Å². The summed E-state index contributed by atoms with van der Waals surface area (Å²) < 4.78 is 5.60. The van der Waals surface area contributed by atoms with Crippen molar-refractivity contribution in [1.29, 1.82) is 0 Å². The zero-order valence-corrected chi connectivity index (χ0v) is 12.6. The van der Waals surface area contributed by atoms with Crippen molar-refractivity contribution in [3.05, 3.63) is 28.2 Å². The van der Waals surface area contributed by atoms with Crippen LogP contribution in [0.2, 0.25) is 0 Å². The Balaban J connectivity index is 2.87. The van der Waals surface area contributed by atoms with E-state index in [-0.39, 0.29) is 5.56 Å². The summed E-state index contributed by atoms with van der Waals surface area (Å²) in [6, 6.07) is 4.09. The molecule has 0 aliphatic rings. The van der Waals surface area contributed by atoms with Gasteiger partial charge in [-0.25, -0.2) is 4.79 Å². The van der Waals surface area contributed by atoms with Crippen LogP contribution in [-0.4, -0.2) is 36.7 Å². The van der Waals surface area contributed by atoms with E-state index in [0.717, 1.165) is 0 Å². The van der Waals surface area contributed by atoms with E-state index in [1.54, 1.807) is 25.3 Å². The molecule has 20 heavy (non-hydrogen) atoms. The fraction of sp³-hybridized carbons (Fsp3) is 0.385. The van der Waals surface area contributed by atoms with Gasteiger partial charge in [0, 0.05) is 23.9 Å². The highest BCUT2D eigenvalue weighted by Crippen LogP contribution is 2.22. The molecule has 7 heteroatoms. The predicted octanol–water partition coefficient (Wildman–Crippen LogP) is 1.84. The van der Waals surface area contributed by atoms with Gasteiger partial charge in [0.05, 0.1) is 5.56 Å². The molecule has 0 heterocycles. The van der Waals surface area contributed by atoms with Crippen LogP contribution in [0.1, 0.15) is 23.2 Å². The summed E-state index contributed by atoms with van der Waals surface area (Å²) >= 11 is 3.24. The Hall–Kier alpha value is -1.60. The molecule has 1 aromatic carbocycles. The number of carboxylic acids is 1. The highest BCUT2D eigenvalue weighted by atomic mass is 79.9. The minimum atomic E-state index is -0.987. The number of hydrogen-bond acceptors (Lipinski definition) is 4. The number of primary amides is 1. The molecule has 0 spiro atoms. The van der Waals surface area contributed by atoms with E-state index in [0.29, 0.717) is 29.6 Å². The van der Waals surface area contributed by atoms with Gasteiger partial charge in [0.15, 0.2) is 0 Å². The molecule has 0 saturated heterocycles. The molecule has 0 radical (unpaired) electrons. The van der Waals surface area contributed by atoms with E-state index in [2.05, 4.69) is 21.2 Å². The van der Waals surface area contributed by atoms with Gasteiger partial charge in [0.1, 0.15) is 6.04 Å². The van der Waals surface area contributed by atoms with Crippen molar-refractivity contribution in [2.45, 2.75) is 18.9 Å². The maximum absolute atomic E-state index is 11.4. The van der Waals surface area contributed by atoms with Gasteiger partial charge in [-0.3, -0.25) is 4.79 Å². The summed E-state index contributed by atoms with van der Waals surface area (Å²) in [6.45, 7) is 0.481. The lowest BCUT2D eigenvalue weighted by Crippen LogP contribution is -2.30. The summed E-state index contributed by atoms with van der Waals surface area (Å²) in [5.74, 6) is -1.60. The summed E-state index contributed by atoms with van der Waals surface area (Å²) in [4.78, 5) is 22.6. The lowest BCUT2D eigenvalue weighted by Gasteiger charge is -2.17. The van der Waals surface area contributed by atoms with Crippen LogP contribution in [0.5, 0.6) is 0 Å². The minimum Gasteiger partial charge on any atom is -0.480 e. The number of hydrogen-bond donors (Lipinski definition) is 3. The zero-order chi connectivity index (χ0) is 15.1. The van der Waals surface area contributed by atoms with Crippen LogP contribution in [0.25, 0.3) is 0 Å². The van der Waals surface area contributed by atoms with Crippen molar-refractivity contribution in [3.63, 3.8) is 0 Å². The first-order chi connectivity index (χ1) is 9.45. The maximum Gasteiger partial charge on any atom is 0.326 e. The molecule has 0 bridgehead atoms. The SMILES string of the molecule is COCCCC(Nc1ccc(Br)cc1C(N)=O)C(=O)O. The number of nitrogens with two attached hydrogens (primary N) is 1. The molecule has 1 atom stereocenters. The number of carboxylic acid groups (broad SMARTS) is 1. The van der Waals surface area contributed by atoms with E-state index < -0.39 is 17.9 Å². The lowest BCUT2D eigenvalue weighted by atomic mass is 10.1. The van der Waals surface area contributed by atoms with Crippen LogP contribution in [0.15, 0.2) is 22.7 Å². The minimum absolute atomic E-state index is 0.248. The number of halogens is 1. The van der Waals surface area contributed by atoms with Gasteiger partial charge in [0.2, 0.25) is 0 Å². The fourth-order valence-electron chi connectivity index (χ4n) is 1.72. The Bertz CT molecular complexity index is 493. The summed E-state index contributed by atoms with van der Waals surface area (Å²) in [6.07, 6.45) is 0.986. The van der Waals surface area contributed by atoms with Crippen molar-refractivity contribution in [2.75, 3.05) is 19.0 Å². The molecule has 4 N–H and O–H groups in total. The molecule has 0 aliphatic carbocycles. The first-order valence-corrected chi connectivity index (χ1v) is 6.82.